The van der Waals surface area contributed by atoms with E-state index in [0.29, 0.717) is 6.42 Å². The molecule has 0 radical (unpaired) electrons. The highest BCUT2D eigenvalue weighted by atomic mass is 16.4. The van der Waals surface area contributed by atoms with Crippen LogP contribution < -0.4 is 10.4 Å². The lowest BCUT2D eigenvalue weighted by atomic mass is 10.0. The lowest BCUT2D eigenvalue weighted by molar-refractivity contribution is -0.137. The van der Waals surface area contributed by atoms with Crippen molar-refractivity contribution >= 4 is 29.8 Å². The number of hydrogen-bond donors (Lipinski definition) is 1. The molecule has 132 valence electrons. The van der Waals surface area contributed by atoms with E-state index in [1.54, 1.807) is 0 Å². The second kappa shape index (κ2) is 8.84. The molecule has 3 rings (SSSR count). The summed E-state index contributed by atoms with van der Waals surface area (Å²) in [6.07, 6.45) is 22.0. The summed E-state index contributed by atoms with van der Waals surface area (Å²) in [4.78, 5) is 10.4. The molecule has 1 N–H and O–H groups in total. The highest BCUT2D eigenvalue weighted by molar-refractivity contribution is 5.78. The van der Waals surface area contributed by atoms with Crippen molar-refractivity contribution in [3.63, 3.8) is 0 Å². The molecular formula is C23H28O2. The molecule has 0 aromatic heterocycles. The van der Waals surface area contributed by atoms with Gasteiger partial charge in [-0.1, -0.05) is 68.9 Å². The van der Waals surface area contributed by atoms with E-state index in [1.165, 1.54) is 72.1 Å². The minimum atomic E-state index is -0.667. The zero-order valence-electron chi connectivity index (χ0n) is 15.0. The van der Waals surface area contributed by atoms with Crippen LogP contribution in [0.4, 0.5) is 0 Å². The predicted octanol–water partition coefficient (Wildman–Crippen LogP) is 4.66. The van der Waals surface area contributed by atoms with Gasteiger partial charge in [-0.2, -0.15) is 0 Å². The maximum atomic E-state index is 10.4. The summed E-state index contributed by atoms with van der Waals surface area (Å²) in [5.41, 5.74) is 4.21. The molecule has 1 aromatic carbocycles. The Morgan fingerprint density at radius 1 is 0.800 bits per heavy atom. The molecule has 2 heteroatoms. The molecule has 0 saturated carbocycles. The number of hydrogen-bond acceptors (Lipinski definition) is 1. The number of carboxylic acid groups (broad SMARTS) is 1. The third kappa shape index (κ3) is 4.94. The molecule has 0 fully saturated rings. The topological polar surface area (TPSA) is 37.3 Å². The maximum Gasteiger partial charge on any atom is 0.303 e. The summed E-state index contributed by atoms with van der Waals surface area (Å²) in [5.74, 6) is -0.667. The van der Waals surface area contributed by atoms with Crippen molar-refractivity contribution in [3.8, 4) is 0 Å². The van der Waals surface area contributed by atoms with Crippen LogP contribution in [-0.4, -0.2) is 11.1 Å². The fraction of sp³-hybridized carbons (Fsp3) is 0.435. The van der Waals surface area contributed by atoms with Gasteiger partial charge in [-0.05, 0) is 58.5 Å². The minimum absolute atomic E-state index is 0.324. The van der Waals surface area contributed by atoms with Crippen molar-refractivity contribution < 1.29 is 9.90 Å². The van der Waals surface area contributed by atoms with E-state index in [2.05, 4.69) is 42.5 Å². The summed E-state index contributed by atoms with van der Waals surface area (Å²) in [7, 11) is 0. The predicted molar refractivity (Wildman–Crippen MR) is 105 cm³/mol. The average molecular weight is 336 g/mol. The SMILES string of the molecule is O=C(O)CCCCCCCCCCC1=c2cc3c(cc2C=C1)=CC=C3. The van der Waals surface area contributed by atoms with Gasteiger partial charge in [-0.3, -0.25) is 4.79 Å². The first-order valence-corrected chi connectivity index (χ1v) is 9.69. The van der Waals surface area contributed by atoms with Gasteiger partial charge in [-0.25, -0.2) is 0 Å². The molecular weight excluding hydrogens is 308 g/mol. The maximum absolute atomic E-state index is 10.4. The smallest absolute Gasteiger partial charge is 0.303 e. The summed E-state index contributed by atoms with van der Waals surface area (Å²) in [5, 5.41) is 11.4. The summed E-state index contributed by atoms with van der Waals surface area (Å²) >= 11 is 0. The van der Waals surface area contributed by atoms with Crippen molar-refractivity contribution in [2.75, 3.05) is 0 Å². The van der Waals surface area contributed by atoms with E-state index < -0.39 is 5.97 Å². The Morgan fingerprint density at radius 2 is 1.52 bits per heavy atom. The van der Waals surface area contributed by atoms with Gasteiger partial charge >= 0.3 is 5.97 Å². The van der Waals surface area contributed by atoms with E-state index >= 15 is 0 Å². The zero-order chi connectivity index (χ0) is 17.5. The van der Waals surface area contributed by atoms with Crippen LogP contribution in [0, 0.1) is 0 Å². The van der Waals surface area contributed by atoms with E-state index in [-0.39, 0.29) is 0 Å². The van der Waals surface area contributed by atoms with Crippen LogP contribution in [-0.2, 0) is 4.79 Å². The summed E-state index contributed by atoms with van der Waals surface area (Å²) in [6.45, 7) is 0. The van der Waals surface area contributed by atoms with Crippen LogP contribution in [0.2, 0.25) is 0 Å². The van der Waals surface area contributed by atoms with Crippen LogP contribution in [0.5, 0.6) is 0 Å². The van der Waals surface area contributed by atoms with Crippen molar-refractivity contribution in [1.82, 2.24) is 0 Å². The van der Waals surface area contributed by atoms with Gasteiger partial charge in [-0.15, -0.1) is 0 Å². The van der Waals surface area contributed by atoms with Gasteiger partial charge in [0.1, 0.15) is 0 Å². The number of rotatable bonds is 11. The Balaban J connectivity index is 1.34. The van der Waals surface area contributed by atoms with Gasteiger partial charge in [0.15, 0.2) is 0 Å². The Hall–Kier alpha value is -2.09. The number of aliphatic carboxylic acids is 1. The molecule has 0 saturated heterocycles. The summed E-state index contributed by atoms with van der Waals surface area (Å²) < 4.78 is 0. The first-order chi connectivity index (χ1) is 12.2. The van der Waals surface area contributed by atoms with E-state index in [0.717, 1.165) is 12.8 Å². The first-order valence-electron chi connectivity index (χ1n) is 9.69. The molecule has 0 unspecified atom stereocenters. The number of fused-ring (bicyclic) bond motifs is 2. The van der Waals surface area contributed by atoms with Crippen LogP contribution in [0.3, 0.4) is 0 Å². The molecule has 2 aliphatic carbocycles. The largest absolute Gasteiger partial charge is 0.481 e. The van der Waals surface area contributed by atoms with Crippen LogP contribution in [0.1, 0.15) is 75.3 Å². The Kier molecular flexibility index (Phi) is 6.27. The fourth-order valence-corrected chi connectivity index (χ4v) is 3.76. The third-order valence-electron chi connectivity index (χ3n) is 5.20. The molecule has 0 heterocycles. The molecule has 0 bridgehead atoms. The molecule has 0 aliphatic heterocycles. The molecule has 0 atom stereocenters. The van der Waals surface area contributed by atoms with Crippen LogP contribution >= 0.6 is 0 Å². The lowest BCUT2D eigenvalue weighted by Gasteiger charge is -2.03. The van der Waals surface area contributed by atoms with Crippen LogP contribution in [0.25, 0.3) is 23.8 Å². The van der Waals surface area contributed by atoms with E-state index in [1.807, 2.05) is 0 Å². The highest BCUT2D eigenvalue weighted by Crippen LogP contribution is 2.19. The van der Waals surface area contributed by atoms with Crippen molar-refractivity contribution in [2.24, 2.45) is 0 Å². The van der Waals surface area contributed by atoms with E-state index in [9.17, 15) is 4.79 Å². The number of carboxylic acids is 1. The molecule has 2 aliphatic rings. The zero-order valence-corrected chi connectivity index (χ0v) is 15.0. The second-order valence-corrected chi connectivity index (χ2v) is 7.17. The van der Waals surface area contributed by atoms with Crippen molar-refractivity contribution in [2.45, 2.75) is 64.2 Å². The van der Waals surface area contributed by atoms with E-state index in [4.69, 9.17) is 5.11 Å². The van der Waals surface area contributed by atoms with Crippen LogP contribution in [0.15, 0.2) is 24.3 Å². The monoisotopic (exact) mass is 336 g/mol. The van der Waals surface area contributed by atoms with Gasteiger partial charge in [0.25, 0.3) is 0 Å². The Bertz CT molecular complexity index is 796. The highest BCUT2D eigenvalue weighted by Gasteiger charge is 2.08. The van der Waals surface area contributed by atoms with Gasteiger partial charge in [0, 0.05) is 6.42 Å². The number of allylic oxidation sites excluding steroid dienone is 2. The standard InChI is InChI=1S/C23H28O2/c24-23(25)13-8-6-4-2-1-3-5-7-10-18-14-15-21-16-19-11-9-12-20(19)17-22(18)21/h9,11-12,14-17H,1-8,10,13H2,(H,24,25). The van der Waals surface area contributed by atoms with Crippen molar-refractivity contribution in [1.29, 1.82) is 0 Å². The Morgan fingerprint density at radius 3 is 2.28 bits per heavy atom. The summed E-state index contributed by atoms with van der Waals surface area (Å²) in [6, 6.07) is 4.65. The fourth-order valence-electron chi connectivity index (χ4n) is 3.76. The molecule has 25 heavy (non-hydrogen) atoms. The lowest BCUT2D eigenvalue weighted by Crippen LogP contribution is -2.14. The number of unbranched alkanes of at least 4 members (excludes halogenated alkanes) is 7. The normalized spacial score (nSPS) is 13.8. The number of benzene rings is 1. The second-order valence-electron chi connectivity index (χ2n) is 7.17. The Labute approximate surface area is 150 Å². The average Bonchev–Trinajstić information content (AvgIpc) is 3.20. The molecule has 0 amide bonds. The van der Waals surface area contributed by atoms with Crippen molar-refractivity contribution in [3.05, 3.63) is 45.8 Å². The first kappa shape index (κ1) is 17.7. The van der Waals surface area contributed by atoms with Gasteiger partial charge in [0.05, 0.1) is 0 Å². The number of carbonyl (C=O) groups is 1. The molecule has 2 nitrogen and oxygen atoms in total. The minimum Gasteiger partial charge on any atom is -0.481 e. The van der Waals surface area contributed by atoms with Gasteiger partial charge in [0.2, 0.25) is 0 Å². The molecule has 1 aromatic rings. The quantitative estimate of drug-likeness (QED) is 0.597. The molecule has 0 spiro atoms. The third-order valence-corrected chi connectivity index (χ3v) is 5.20. The van der Waals surface area contributed by atoms with Gasteiger partial charge < -0.3 is 5.11 Å².